The fourth-order valence-corrected chi connectivity index (χ4v) is 4.32. The minimum absolute atomic E-state index is 0.0193. The maximum Gasteiger partial charge on any atom is 0.416 e. The molecule has 27 heavy (non-hydrogen) atoms. The first-order valence-corrected chi connectivity index (χ1v) is 10.1. The van der Waals surface area contributed by atoms with Crippen LogP contribution in [0.25, 0.3) is 0 Å². The third-order valence-corrected chi connectivity index (χ3v) is 6.69. The van der Waals surface area contributed by atoms with Crippen LogP contribution in [0.15, 0.2) is 29.2 Å². The molecule has 10 heteroatoms. The highest BCUT2D eigenvalue weighted by Crippen LogP contribution is 2.31. The molecule has 1 aromatic carbocycles. The number of carbonyl (C=O) groups excluding carboxylic acids is 1. The van der Waals surface area contributed by atoms with Crippen LogP contribution in [0, 0.1) is 0 Å². The van der Waals surface area contributed by atoms with Crippen molar-refractivity contribution in [3.63, 3.8) is 0 Å². The molecule has 0 aliphatic carbocycles. The number of hydrogen-bond acceptors (Lipinski definition) is 3. The van der Waals surface area contributed by atoms with Gasteiger partial charge in [-0.1, -0.05) is 6.07 Å². The van der Waals surface area contributed by atoms with Crippen molar-refractivity contribution in [3.8, 4) is 0 Å². The molecule has 0 radical (unpaired) electrons. The van der Waals surface area contributed by atoms with Gasteiger partial charge in [-0.25, -0.2) is 8.42 Å². The summed E-state index contributed by atoms with van der Waals surface area (Å²) in [4.78, 5) is 14.4. The second-order valence-corrected chi connectivity index (χ2v) is 8.89. The van der Waals surface area contributed by atoms with E-state index < -0.39 is 21.8 Å². The molecular weight excluding hydrogens is 383 g/mol. The number of likely N-dealkylation sites (N-methyl/N-ethyl adjacent to an activating group) is 1. The van der Waals surface area contributed by atoms with E-state index >= 15 is 0 Å². The van der Waals surface area contributed by atoms with Gasteiger partial charge < -0.3 is 9.80 Å². The minimum Gasteiger partial charge on any atom is -0.338 e. The fourth-order valence-electron chi connectivity index (χ4n) is 2.83. The Morgan fingerprint density at radius 2 is 1.85 bits per heavy atom. The summed E-state index contributed by atoms with van der Waals surface area (Å²) in [5.41, 5.74) is -0.991. The van der Waals surface area contributed by atoms with Gasteiger partial charge >= 0.3 is 6.18 Å². The van der Waals surface area contributed by atoms with Crippen LogP contribution < -0.4 is 4.90 Å². The summed E-state index contributed by atoms with van der Waals surface area (Å²) in [6.45, 7) is 5.26. The van der Waals surface area contributed by atoms with Crippen LogP contribution in [-0.2, 0) is 21.0 Å². The fraction of sp³-hybridized carbons (Fsp3) is 0.588. The average Bonchev–Trinajstić information content (AvgIpc) is 2.60. The zero-order chi connectivity index (χ0) is 20.4. The number of alkyl halides is 3. The van der Waals surface area contributed by atoms with Crippen molar-refractivity contribution in [3.05, 3.63) is 29.8 Å². The van der Waals surface area contributed by atoms with Crippen molar-refractivity contribution in [1.29, 1.82) is 0 Å². The zero-order valence-electron chi connectivity index (χ0n) is 15.6. The summed E-state index contributed by atoms with van der Waals surface area (Å²) in [7, 11) is -2.28. The SMILES string of the molecule is CC(C)N(C)C(=O)C[NH+]1CCN(S(=O)(=O)c2cccc(C(F)(F)F)c2)CC1. The molecule has 152 valence electrons. The third-order valence-electron chi connectivity index (χ3n) is 4.80. The maximum atomic E-state index is 12.8. The number of benzene rings is 1. The molecule has 0 saturated carbocycles. The molecular formula is C17H25F3N3O3S+. The number of rotatable bonds is 5. The summed E-state index contributed by atoms with van der Waals surface area (Å²) in [6, 6.07) is 3.86. The molecule has 0 bridgehead atoms. The van der Waals surface area contributed by atoms with E-state index in [9.17, 15) is 26.4 Å². The van der Waals surface area contributed by atoms with Gasteiger partial charge in [-0.15, -0.1) is 0 Å². The second-order valence-electron chi connectivity index (χ2n) is 6.95. The van der Waals surface area contributed by atoms with E-state index in [1.54, 1.807) is 11.9 Å². The van der Waals surface area contributed by atoms with Crippen LogP contribution in [-0.4, -0.2) is 69.3 Å². The topological polar surface area (TPSA) is 62.1 Å². The molecule has 1 amide bonds. The summed E-state index contributed by atoms with van der Waals surface area (Å²) < 4.78 is 65.1. The molecule has 6 nitrogen and oxygen atoms in total. The smallest absolute Gasteiger partial charge is 0.338 e. The number of hydrogen-bond donors (Lipinski definition) is 1. The van der Waals surface area contributed by atoms with Crippen LogP contribution in [0.4, 0.5) is 13.2 Å². The molecule has 0 spiro atoms. The summed E-state index contributed by atoms with van der Waals surface area (Å²) in [5, 5.41) is 0. The first kappa shape index (κ1) is 21.6. The van der Waals surface area contributed by atoms with Crippen molar-refractivity contribution in [2.45, 2.75) is 31.0 Å². The lowest BCUT2D eigenvalue weighted by atomic mass is 10.2. The molecule has 0 unspecified atom stereocenters. The lowest BCUT2D eigenvalue weighted by Crippen LogP contribution is -3.15. The van der Waals surface area contributed by atoms with Gasteiger partial charge in [0.05, 0.1) is 36.6 Å². The standard InChI is InChI=1S/C17H24F3N3O3S/c1-13(2)21(3)16(24)12-22-7-9-23(10-8-22)27(25,26)15-6-4-5-14(11-15)17(18,19)20/h4-6,11,13H,7-10,12H2,1-3H3/p+1. The molecule has 1 aliphatic heterocycles. The number of carbonyl (C=O) groups is 1. The average molecular weight is 408 g/mol. The van der Waals surface area contributed by atoms with Crippen molar-refractivity contribution in [2.24, 2.45) is 0 Å². The van der Waals surface area contributed by atoms with Gasteiger partial charge in [-0.3, -0.25) is 4.79 Å². The molecule has 1 aliphatic rings. The quantitative estimate of drug-likeness (QED) is 0.770. The van der Waals surface area contributed by atoms with Gasteiger partial charge in [0.15, 0.2) is 6.54 Å². The number of piperazine rings is 1. The molecule has 0 aromatic heterocycles. The van der Waals surface area contributed by atoms with E-state index in [0.29, 0.717) is 19.2 Å². The van der Waals surface area contributed by atoms with E-state index in [0.717, 1.165) is 17.0 Å². The van der Waals surface area contributed by atoms with E-state index in [-0.39, 0.29) is 36.5 Å². The molecule has 1 saturated heterocycles. The first-order valence-electron chi connectivity index (χ1n) is 8.69. The van der Waals surface area contributed by atoms with Crippen LogP contribution in [0.3, 0.4) is 0 Å². The molecule has 1 aromatic rings. The van der Waals surface area contributed by atoms with Crippen LogP contribution >= 0.6 is 0 Å². The van der Waals surface area contributed by atoms with Gasteiger partial charge in [0, 0.05) is 13.1 Å². The monoisotopic (exact) mass is 408 g/mol. The Morgan fingerprint density at radius 3 is 2.37 bits per heavy atom. The zero-order valence-corrected chi connectivity index (χ0v) is 16.4. The Hall–Kier alpha value is -1.65. The Bertz CT molecular complexity index is 773. The van der Waals surface area contributed by atoms with Crippen molar-refractivity contribution in [1.82, 2.24) is 9.21 Å². The van der Waals surface area contributed by atoms with E-state index in [1.165, 1.54) is 10.4 Å². The molecule has 1 heterocycles. The molecule has 0 atom stereocenters. The van der Waals surface area contributed by atoms with Gasteiger partial charge in [0.1, 0.15) is 0 Å². The first-order chi connectivity index (χ1) is 12.4. The van der Waals surface area contributed by atoms with E-state index in [4.69, 9.17) is 0 Å². The van der Waals surface area contributed by atoms with Crippen LogP contribution in [0.5, 0.6) is 0 Å². The summed E-state index contributed by atoms with van der Waals surface area (Å²) in [5.74, 6) is -0.0193. The Balaban J connectivity index is 2.04. The highest BCUT2D eigenvalue weighted by molar-refractivity contribution is 7.89. The molecule has 1 fully saturated rings. The van der Waals surface area contributed by atoms with Gasteiger partial charge in [-0.2, -0.15) is 17.5 Å². The van der Waals surface area contributed by atoms with Gasteiger partial charge in [0.25, 0.3) is 5.91 Å². The lowest BCUT2D eigenvalue weighted by molar-refractivity contribution is -0.896. The molecule has 2 rings (SSSR count). The van der Waals surface area contributed by atoms with Crippen molar-refractivity contribution < 1.29 is 31.3 Å². The number of sulfonamides is 1. The normalized spacial score (nSPS) is 17.3. The second kappa shape index (κ2) is 8.15. The number of amides is 1. The van der Waals surface area contributed by atoms with Gasteiger partial charge in [-0.05, 0) is 32.0 Å². The number of quaternary nitrogens is 1. The Morgan fingerprint density at radius 1 is 1.26 bits per heavy atom. The Kier molecular flexibility index (Phi) is 6.54. The summed E-state index contributed by atoms with van der Waals surface area (Å²) >= 11 is 0. The van der Waals surface area contributed by atoms with Gasteiger partial charge in [0.2, 0.25) is 10.0 Å². The maximum absolute atomic E-state index is 12.8. The molecule has 1 N–H and O–H groups in total. The third kappa shape index (κ3) is 5.20. The predicted molar refractivity (Wildman–Crippen MR) is 93.7 cm³/mol. The van der Waals surface area contributed by atoms with Crippen molar-refractivity contribution >= 4 is 15.9 Å². The number of nitrogens with one attached hydrogen (secondary N) is 1. The number of nitrogens with zero attached hydrogens (tertiary/aromatic N) is 2. The summed E-state index contributed by atoms with van der Waals surface area (Å²) in [6.07, 6.45) is -4.60. The predicted octanol–water partition coefficient (Wildman–Crippen LogP) is 0.461. The highest BCUT2D eigenvalue weighted by Gasteiger charge is 2.35. The van der Waals surface area contributed by atoms with E-state index in [1.807, 2.05) is 13.8 Å². The largest absolute Gasteiger partial charge is 0.416 e. The number of halogens is 3. The van der Waals surface area contributed by atoms with Crippen LogP contribution in [0.1, 0.15) is 19.4 Å². The van der Waals surface area contributed by atoms with Crippen LogP contribution in [0.2, 0.25) is 0 Å². The van der Waals surface area contributed by atoms with Crippen molar-refractivity contribution in [2.75, 3.05) is 39.8 Å². The Labute approximate surface area is 157 Å². The lowest BCUT2D eigenvalue weighted by Gasteiger charge is -2.32. The highest BCUT2D eigenvalue weighted by atomic mass is 32.2. The minimum atomic E-state index is -4.60. The van der Waals surface area contributed by atoms with E-state index in [2.05, 4.69) is 0 Å².